The molecule has 0 aromatic heterocycles. The number of hydrogen-bond acceptors (Lipinski definition) is 32. The Bertz CT molecular complexity index is 4430. The van der Waals surface area contributed by atoms with Crippen molar-refractivity contribution >= 4 is 109 Å². The number of aliphatic hydroxyl groups excluding tert-OH is 10. The van der Waals surface area contributed by atoms with Crippen LogP contribution >= 0.6 is 34.4 Å². The number of nitrogens with zero attached hydrogens (tertiary/aromatic N) is 10. The maximum atomic E-state index is 11.3. The van der Waals surface area contributed by atoms with Crippen LogP contribution in [0.2, 0.25) is 18.1 Å². The lowest BCUT2D eigenvalue weighted by Gasteiger charge is -2.37. The van der Waals surface area contributed by atoms with Gasteiger partial charge in [0.15, 0.2) is 39.5 Å². The molecule has 33 nitrogen and oxygen atoms in total. The number of aliphatic imine (C=N–C) groups is 5. The van der Waals surface area contributed by atoms with Crippen molar-refractivity contribution in [3.05, 3.63) is 121 Å². The van der Waals surface area contributed by atoms with E-state index in [1.807, 2.05) is 13.8 Å². The Morgan fingerprint density at radius 1 is 0.504 bits per heavy atom. The Morgan fingerprint density at radius 2 is 0.821 bits per heavy atom. The summed E-state index contributed by atoms with van der Waals surface area (Å²) in [5.41, 5.74) is 24.5. The van der Waals surface area contributed by atoms with Crippen molar-refractivity contribution in [1.29, 1.82) is 0 Å². The van der Waals surface area contributed by atoms with Gasteiger partial charge in [-0.2, -0.15) is 0 Å². The predicted molar refractivity (Wildman–Crippen MR) is 515 cm³/mol. The van der Waals surface area contributed by atoms with Crippen LogP contribution in [0.4, 0.5) is 0 Å². The first-order valence-electron chi connectivity index (χ1n) is 41.2. The van der Waals surface area contributed by atoms with Crippen LogP contribution in [0.5, 0.6) is 0 Å². The fraction of sp³-hybridized carbons (Fsp3) is 0.631. The molecule has 0 aromatic rings. The number of carbonyl (C=O) groups excluding carboxylic acids is 1. The van der Waals surface area contributed by atoms with E-state index >= 15 is 0 Å². The van der Waals surface area contributed by atoms with E-state index in [1.54, 1.807) is 63.6 Å². The summed E-state index contributed by atoms with van der Waals surface area (Å²) < 4.78 is 35.9. The minimum atomic E-state index is -1.97. The maximum Gasteiger partial charge on any atom is 0.222 e. The van der Waals surface area contributed by atoms with Gasteiger partial charge in [0.25, 0.3) is 0 Å². The van der Waals surface area contributed by atoms with E-state index in [-0.39, 0.29) is 23.4 Å². The van der Waals surface area contributed by atoms with E-state index in [1.165, 1.54) is 11.8 Å². The molecule has 5 saturated heterocycles. The zero-order valence-corrected chi connectivity index (χ0v) is 81.5. The van der Waals surface area contributed by atoms with E-state index in [0.29, 0.717) is 109 Å². The van der Waals surface area contributed by atoms with Crippen LogP contribution < -0.4 is 28.3 Å². The Balaban J connectivity index is 0.000000239. The van der Waals surface area contributed by atoms with Crippen molar-refractivity contribution in [2.75, 3.05) is 111 Å². The number of carbonyl (C=O) groups is 1. The second-order valence-corrected chi connectivity index (χ2v) is 64.5. The first-order chi connectivity index (χ1) is 56.3. The third kappa shape index (κ3) is 29.2. The van der Waals surface area contributed by atoms with E-state index in [9.17, 15) is 61.0 Å². The van der Waals surface area contributed by atoms with Crippen LogP contribution in [0.15, 0.2) is 146 Å². The van der Waals surface area contributed by atoms with Gasteiger partial charge < -0.3 is 137 Å². The summed E-state index contributed by atoms with van der Waals surface area (Å²) in [5, 5.41) is 116. The quantitative estimate of drug-likeness (QED) is 0.0443. The van der Waals surface area contributed by atoms with E-state index < -0.39 is 165 Å². The molecule has 10 rings (SSSR count). The number of rotatable bonds is 25. The molecule has 0 aromatic carbocycles. The number of nitrogens with one attached hydrogen (secondary N) is 1. The Hall–Kier alpha value is -5.54. The van der Waals surface area contributed by atoms with Gasteiger partial charge in [-0.05, 0) is 174 Å². The molecule has 1 amide bonds. The third-order valence-corrected chi connectivity index (χ3v) is 34.3. The fourth-order valence-electron chi connectivity index (χ4n) is 13.8. The first kappa shape index (κ1) is 106. The molecule has 10 aliphatic heterocycles. The fourth-order valence-corrected chi connectivity index (χ4v) is 19.5. The molecule has 5 unspecified atom stereocenters. The smallest absolute Gasteiger partial charge is 0.222 e. The SMILES string of the molecule is C=C1N=C(N)C(C)=CN1C1O[C@H](CCP(=C)(C)C)[C@@H](O)[C@H]1O.C=C1N=C(N)C(CO)=CN1C1O[C@H](CCP(=C)(C)C)[C@@H](O)[C@H]1O.C=C1N=C(N)C(CO[Si](C)(C)C(C)(C)C)=CN1C1O[C@H](CCP(=C)(C)C)[C@@H](O)[C@H]1O.C=C1N=C(N)C=CN1C1O[C@H](CCP(=C)(C)C)[C@@H](O)[C@]1(C)O.C=C1N=C(NC(C)=O)C(CC)=CN1C1O[C@H](CCP(=C)(C)C)[C@@H](O)[C@H]1O. The average Bonchev–Trinajstić information content (AvgIpc) is 1.68. The molecule has 0 radical (unpaired) electrons. The lowest BCUT2D eigenvalue weighted by molar-refractivity contribution is -0.117. The van der Waals surface area contributed by atoms with E-state index in [2.05, 4.69) is 195 Å². The van der Waals surface area contributed by atoms with Gasteiger partial charge in [0, 0.05) is 60.2 Å². The molecule has 10 heterocycles. The maximum absolute atomic E-state index is 11.3. The van der Waals surface area contributed by atoms with Crippen LogP contribution in [-0.4, -0.2) is 388 Å². The molecule has 0 spiro atoms. The van der Waals surface area contributed by atoms with Gasteiger partial charge in [0.1, 0.15) is 119 Å². The normalized spacial score (nSPS) is 31.5. The second-order valence-electron chi connectivity index (χ2n) is 38.1. The third-order valence-electron chi connectivity index (χ3n) is 22.5. The van der Waals surface area contributed by atoms with Gasteiger partial charge in [-0.15, -0.1) is 65.9 Å². The zero-order chi connectivity index (χ0) is 93.4. The molecule has 39 heteroatoms. The minimum absolute atomic E-state index is 0.0735. The summed E-state index contributed by atoms with van der Waals surface area (Å²) in [5.74, 6) is 3.29. The molecular formula is C84H148N15O18P5Si. The van der Waals surface area contributed by atoms with Crippen LogP contribution in [0.25, 0.3) is 0 Å². The van der Waals surface area contributed by atoms with Crippen molar-refractivity contribution in [2.24, 2.45) is 47.9 Å². The molecule has 20 N–H and O–H groups in total. The number of amides is 1. The van der Waals surface area contributed by atoms with Crippen molar-refractivity contribution in [2.45, 2.75) is 227 Å². The predicted octanol–water partition coefficient (Wildman–Crippen LogP) is 4.44. The number of aliphatic hydroxyl groups is 11. The van der Waals surface area contributed by atoms with Crippen LogP contribution in [0.3, 0.4) is 0 Å². The highest BCUT2D eigenvalue weighted by Crippen LogP contribution is 2.46. The zero-order valence-electron chi connectivity index (χ0n) is 76.0. The lowest BCUT2D eigenvalue weighted by atomic mass is 9.95. The lowest BCUT2D eigenvalue weighted by Crippen LogP contribution is -2.51. The summed E-state index contributed by atoms with van der Waals surface area (Å²) in [6.45, 7) is 52.1. The largest absolute Gasteiger partial charge is 0.412 e. The standard InChI is InChI=1S/C21H40N3O4PSi.C18H30N3O4P.C15H26N3O4P.2C15H26N3O3P/c1-14-23-19(22)15(13-27-30(8,9)21(2,3)4)12-24(14)20-18(26)17(25)16(28-20)10-11-29(5,6)7;1-7-13-10-21(11(2)19-17(13)20-12(3)22)18-16(24)15(23)14(25-18)8-9-26(4,5)6;1-9-17-14(16)10(8-19)7-18(9)15-13(21)12(20)11(22-15)5-6-23(2,3)4;1-10-17-12(16)6-8-18(10)14-15(2,20)13(19)11(21-14)7-9-22(3,4)5;1-9-8-18(10(2)17-14(9)16)15-13(20)12(19)11(21-15)6-7-22(3,4)5/h12,16-18,20,25-26H,1,5,10-11,13H2,2-4,6-9H3,(H2,22,23);10,14-16,18,23-24H,2,4,7-9H2,1,3,5-6H3,(H,19,20,22);7,11-13,15,19-21H,1-2,5-6,8H2,3-4H3,(H2,16,17);6,8,11,13-14,19-20H,1,3,7,9H2,2,4-5H3,(H2,16,17);8,11-13,15,19-20H,2-3,6-7H2,1,4-5H3,(H2,16,17)/t16-,17-,18-,20?;14-,15-,16-,18?;11-,12-,13-,15?;11-,13-,14?,15+;11-,12-,13-,15?/m11111/s1. The van der Waals surface area contributed by atoms with Crippen LogP contribution in [0, 0.1) is 0 Å². The Kier molecular flexibility index (Phi) is 37.0. The molecule has 0 saturated carbocycles. The molecular weight excluding hydrogens is 1690 g/mol. The summed E-state index contributed by atoms with van der Waals surface area (Å²) in [6.07, 6.45) is 24.1. The first-order valence-corrected chi connectivity index (χ1v) is 59.3. The molecule has 696 valence electrons. The van der Waals surface area contributed by atoms with Gasteiger partial charge >= 0.3 is 0 Å². The van der Waals surface area contributed by atoms with E-state index in [0.717, 1.165) is 42.0 Å². The van der Waals surface area contributed by atoms with Gasteiger partial charge in [-0.1, -0.05) is 60.6 Å². The van der Waals surface area contributed by atoms with Gasteiger partial charge in [-0.25, -0.2) is 25.0 Å². The molecule has 5 fully saturated rings. The molecule has 20 atom stereocenters. The van der Waals surface area contributed by atoms with Gasteiger partial charge in [-0.3, -0.25) is 4.79 Å². The van der Waals surface area contributed by atoms with Crippen molar-refractivity contribution < 1.29 is 89.1 Å². The molecule has 0 aliphatic carbocycles. The number of ether oxygens (including phenoxy) is 5. The monoisotopic (exact) mass is 1840 g/mol. The summed E-state index contributed by atoms with van der Waals surface area (Å²) in [4.78, 5) is 40.3. The highest BCUT2D eigenvalue weighted by atomic mass is 31.2. The number of nitrogens with two attached hydrogens (primary N) is 4. The highest BCUT2D eigenvalue weighted by molar-refractivity contribution is 7.73. The van der Waals surface area contributed by atoms with Crippen LogP contribution in [0.1, 0.15) is 87.0 Å². The summed E-state index contributed by atoms with van der Waals surface area (Å²) >= 11 is 0. The molecule has 123 heavy (non-hydrogen) atoms. The number of hydrogen-bond donors (Lipinski definition) is 16. The van der Waals surface area contributed by atoms with E-state index in [4.69, 9.17) is 51.0 Å². The summed E-state index contributed by atoms with van der Waals surface area (Å²) in [6, 6.07) is 0. The topological polar surface area (TPSA) is 489 Å². The molecule has 10 aliphatic rings. The van der Waals surface area contributed by atoms with Gasteiger partial charge in [0.2, 0.25) is 5.91 Å². The Morgan fingerprint density at radius 3 is 1.15 bits per heavy atom. The second kappa shape index (κ2) is 42.8. The minimum Gasteiger partial charge on any atom is -0.412 e. The Labute approximate surface area is 731 Å². The van der Waals surface area contributed by atoms with Crippen molar-refractivity contribution in [1.82, 2.24) is 29.8 Å². The van der Waals surface area contributed by atoms with Crippen LogP contribution in [-0.2, 0) is 32.9 Å². The average molecular weight is 1840 g/mol. The highest BCUT2D eigenvalue weighted by Gasteiger charge is 2.56. The van der Waals surface area contributed by atoms with Crippen molar-refractivity contribution in [3.63, 3.8) is 0 Å². The van der Waals surface area contributed by atoms with Gasteiger partial charge in [0.05, 0.1) is 43.7 Å². The molecule has 0 bridgehead atoms. The summed E-state index contributed by atoms with van der Waals surface area (Å²) in [7, 11) is -1.97. The number of amidine groups is 5. The van der Waals surface area contributed by atoms with Crippen molar-refractivity contribution in [3.8, 4) is 0 Å².